The van der Waals surface area contributed by atoms with E-state index in [0.717, 1.165) is 17.9 Å². The van der Waals surface area contributed by atoms with E-state index in [1.807, 2.05) is 6.07 Å². The average molecular weight is 441 g/mol. The maximum atomic E-state index is 6.42. The fraction of sp³-hybridized carbons (Fsp3) is 0.208. The van der Waals surface area contributed by atoms with Gasteiger partial charge in [0.15, 0.2) is 5.71 Å². The molecule has 0 aliphatic carbocycles. The Balaban J connectivity index is 0.00000210. The van der Waals surface area contributed by atoms with E-state index in [4.69, 9.17) is 11.6 Å². The predicted molar refractivity (Wildman–Crippen MR) is 110 cm³/mol. The van der Waals surface area contributed by atoms with Crippen LogP contribution in [0.5, 0.6) is 0 Å². The highest BCUT2D eigenvalue weighted by atomic mass is 79.9. The summed E-state index contributed by atoms with van der Waals surface area (Å²) in [7, 11) is 2.17. The van der Waals surface area contributed by atoms with E-state index in [1.165, 1.54) is 28.1 Å². The molecule has 0 radical (unpaired) electrons. The standard InChI is InChI=1S/C24H23ClN.BrH/c1-18-24(16-19-9-5-3-6-10-19,17-20-11-7-4-8-12-20)22-15-21(25)13-14-23(22)26(18)2;/h3-15H,16-17H2,1-2H3;1H/q+1;/p-1. The maximum Gasteiger partial charge on any atom is 0.209 e. The first-order valence-electron chi connectivity index (χ1n) is 9.06. The molecular weight excluding hydrogens is 418 g/mol. The van der Waals surface area contributed by atoms with Gasteiger partial charge in [0.2, 0.25) is 5.69 Å². The fourth-order valence-electron chi connectivity index (χ4n) is 4.28. The molecule has 4 rings (SSSR count). The molecule has 3 aromatic carbocycles. The van der Waals surface area contributed by atoms with Crippen molar-refractivity contribution >= 4 is 23.0 Å². The summed E-state index contributed by atoms with van der Waals surface area (Å²) < 4.78 is 2.33. The van der Waals surface area contributed by atoms with Crippen LogP contribution in [0.4, 0.5) is 5.69 Å². The lowest BCUT2D eigenvalue weighted by molar-refractivity contribution is -0.403. The highest BCUT2D eigenvalue weighted by molar-refractivity contribution is 6.30. The van der Waals surface area contributed by atoms with E-state index in [1.54, 1.807) is 0 Å². The lowest BCUT2D eigenvalue weighted by Crippen LogP contribution is -3.00. The smallest absolute Gasteiger partial charge is 0.209 e. The van der Waals surface area contributed by atoms with Gasteiger partial charge in [-0.25, -0.2) is 4.58 Å². The Morgan fingerprint density at radius 2 is 1.33 bits per heavy atom. The second-order valence-electron chi connectivity index (χ2n) is 7.21. The van der Waals surface area contributed by atoms with Crippen LogP contribution in [0.2, 0.25) is 5.02 Å². The van der Waals surface area contributed by atoms with Crippen molar-refractivity contribution in [1.29, 1.82) is 0 Å². The number of rotatable bonds is 4. The highest BCUT2D eigenvalue weighted by Gasteiger charge is 2.49. The molecule has 3 heteroatoms. The van der Waals surface area contributed by atoms with Gasteiger partial charge in [-0.15, -0.1) is 0 Å². The van der Waals surface area contributed by atoms with Gasteiger partial charge in [-0.05, 0) is 36.1 Å². The maximum absolute atomic E-state index is 6.42. The molecule has 0 aromatic heterocycles. The normalized spacial score (nSPS) is 14.6. The zero-order valence-corrected chi connectivity index (χ0v) is 18.0. The quantitative estimate of drug-likeness (QED) is 0.549. The second kappa shape index (κ2) is 8.00. The summed E-state index contributed by atoms with van der Waals surface area (Å²) in [6, 6.07) is 27.9. The van der Waals surface area contributed by atoms with Gasteiger partial charge in [0.25, 0.3) is 0 Å². The van der Waals surface area contributed by atoms with E-state index < -0.39 is 0 Å². The Morgan fingerprint density at radius 3 is 1.85 bits per heavy atom. The SMILES string of the molecule is CC1=[N+](C)c2ccc(Cl)cc2C1(Cc1ccccc1)Cc1ccccc1.[Br-]. The summed E-state index contributed by atoms with van der Waals surface area (Å²) in [5.41, 5.74) is 6.59. The molecule has 1 aliphatic heterocycles. The number of benzene rings is 3. The van der Waals surface area contributed by atoms with Gasteiger partial charge in [0, 0.05) is 23.6 Å². The first-order valence-corrected chi connectivity index (χ1v) is 9.43. The van der Waals surface area contributed by atoms with E-state index in [0.29, 0.717) is 0 Å². The largest absolute Gasteiger partial charge is 1.00 e. The molecule has 0 fully saturated rings. The molecule has 0 N–H and O–H groups in total. The molecular formula is C24H23BrClN. The first kappa shape index (κ1) is 19.9. The Bertz CT molecular complexity index is 923. The van der Waals surface area contributed by atoms with E-state index in [-0.39, 0.29) is 22.4 Å². The predicted octanol–water partition coefficient (Wildman–Crippen LogP) is 2.82. The average Bonchev–Trinajstić information content (AvgIpc) is 2.85. The molecule has 27 heavy (non-hydrogen) atoms. The molecule has 0 saturated heterocycles. The Kier molecular flexibility index (Phi) is 5.88. The molecule has 0 atom stereocenters. The van der Waals surface area contributed by atoms with Crippen LogP contribution in [0.1, 0.15) is 23.6 Å². The van der Waals surface area contributed by atoms with Crippen LogP contribution in [0, 0.1) is 0 Å². The van der Waals surface area contributed by atoms with Gasteiger partial charge in [-0.2, -0.15) is 0 Å². The van der Waals surface area contributed by atoms with E-state index in [2.05, 4.69) is 91.3 Å². The molecule has 0 spiro atoms. The summed E-state index contributed by atoms with van der Waals surface area (Å²) in [5.74, 6) is 0. The van der Waals surface area contributed by atoms with Crippen LogP contribution in [-0.2, 0) is 18.3 Å². The second-order valence-corrected chi connectivity index (χ2v) is 7.65. The van der Waals surface area contributed by atoms with Crippen molar-refractivity contribution in [3.05, 3.63) is 101 Å². The van der Waals surface area contributed by atoms with Gasteiger partial charge in [0.1, 0.15) is 7.05 Å². The number of fused-ring (bicyclic) bond motifs is 1. The van der Waals surface area contributed by atoms with Gasteiger partial charge in [-0.1, -0.05) is 72.3 Å². The molecule has 1 nitrogen and oxygen atoms in total. The Labute approximate surface area is 177 Å². The third-order valence-electron chi connectivity index (χ3n) is 5.73. The van der Waals surface area contributed by atoms with Crippen molar-refractivity contribution in [1.82, 2.24) is 0 Å². The van der Waals surface area contributed by atoms with Crippen molar-refractivity contribution in [2.45, 2.75) is 25.2 Å². The lowest BCUT2D eigenvalue weighted by Gasteiger charge is -2.28. The molecule has 1 aliphatic rings. The first-order chi connectivity index (χ1) is 12.6. The van der Waals surface area contributed by atoms with Crippen molar-refractivity contribution in [3.8, 4) is 0 Å². The van der Waals surface area contributed by atoms with Crippen molar-refractivity contribution in [2.24, 2.45) is 0 Å². The number of halogens is 2. The molecule has 0 amide bonds. The van der Waals surface area contributed by atoms with Gasteiger partial charge < -0.3 is 17.0 Å². The molecule has 0 bridgehead atoms. The third kappa shape index (κ3) is 3.61. The van der Waals surface area contributed by atoms with Gasteiger partial charge in [-0.3, -0.25) is 0 Å². The van der Waals surface area contributed by atoms with Crippen LogP contribution in [-0.4, -0.2) is 17.3 Å². The minimum atomic E-state index is -0.0856. The number of hydrogen-bond acceptors (Lipinski definition) is 0. The summed E-state index contributed by atoms with van der Waals surface area (Å²) in [6.45, 7) is 2.26. The van der Waals surface area contributed by atoms with Crippen LogP contribution >= 0.6 is 11.6 Å². The van der Waals surface area contributed by atoms with E-state index in [9.17, 15) is 0 Å². The lowest BCUT2D eigenvalue weighted by atomic mass is 9.69. The van der Waals surface area contributed by atoms with Crippen LogP contribution in [0.25, 0.3) is 0 Å². The Hall–Kier alpha value is -1.90. The summed E-state index contributed by atoms with van der Waals surface area (Å²) in [5, 5.41) is 0.803. The van der Waals surface area contributed by atoms with Crippen molar-refractivity contribution < 1.29 is 21.6 Å². The highest BCUT2D eigenvalue weighted by Crippen LogP contribution is 2.45. The summed E-state index contributed by atoms with van der Waals surface area (Å²) >= 11 is 6.42. The van der Waals surface area contributed by atoms with Gasteiger partial charge >= 0.3 is 0 Å². The topological polar surface area (TPSA) is 3.01 Å². The number of nitrogens with zero attached hydrogens (tertiary/aromatic N) is 1. The van der Waals surface area contributed by atoms with Gasteiger partial charge in [0.05, 0.1) is 5.41 Å². The Morgan fingerprint density at radius 1 is 0.815 bits per heavy atom. The minimum absolute atomic E-state index is 0. The molecule has 0 saturated carbocycles. The van der Waals surface area contributed by atoms with E-state index >= 15 is 0 Å². The fourth-order valence-corrected chi connectivity index (χ4v) is 4.45. The van der Waals surface area contributed by atoms with Crippen molar-refractivity contribution in [2.75, 3.05) is 7.05 Å². The zero-order chi connectivity index (χ0) is 18.1. The molecule has 138 valence electrons. The summed E-state index contributed by atoms with van der Waals surface area (Å²) in [4.78, 5) is 0. The third-order valence-corrected chi connectivity index (χ3v) is 5.96. The molecule has 0 unspecified atom stereocenters. The monoisotopic (exact) mass is 439 g/mol. The van der Waals surface area contributed by atoms with Crippen molar-refractivity contribution in [3.63, 3.8) is 0 Å². The van der Waals surface area contributed by atoms with Crippen LogP contribution < -0.4 is 17.0 Å². The molecule has 1 heterocycles. The minimum Gasteiger partial charge on any atom is -1.00 e. The van der Waals surface area contributed by atoms with Crippen LogP contribution in [0.15, 0.2) is 78.9 Å². The summed E-state index contributed by atoms with van der Waals surface area (Å²) in [6.07, 6.45) is 1.93. The molecule has 3 aromatic rings. The number of hydrogen-bond donors (Lipinski definition) is 0. The van der Waals surface area contributed by atoms with Crippen LogP contribution in [0.3, 0.4) is 0 Å². The zero-order valence-electron chi connectivity index (χ0n) is 15.6.